The SMILES string of the molecule is N#CC1=C(N)Oc2cc(OC(=O)COc3ccc(Br)cc3)ccc2C1c1ccc(OCc2ccccc2F)cc1. The summed E-state index contributed by atoms with van der Waals surface area (Å²) in [6, 6.07) is 27.6. The molecule has 1 aliphatic rings. The van der Waals surface area contributed by atoms with Crippen LogP contribution in [0, 0.1) is 17.1 Å². The number of rotatable bonds is 8. The van der Waals surface area contributed by atoms with E-state index in [0.29, 0.717) is 28.4 Å². The molecule has 40 heavy (non-hydrogen) atoms. The Morgan fingerprint density at radius 2 is 1.62 bits per heavy atom. The minimum absolute atomic E-state index is 0.0399. The number of benzene rings is 4. The third-order valence-corrected chi connectivity index (χ3v) is 6.69. The number of hydrogen-bond acceptors (Lipinski definition) is 7. The number of nitriles is 1. The van der Waals surface area contributed by atoms with Crippen molar-refractivity contribution >= 4 is 21.9 Å². The van der Waals surface area contributed by atoms with Crippen molar-refractivity contribution in [3.8, 4) is 29.1 Å². The van der Waals surface area contributed by atoms with E-state index in [4.69, 9.17) is 24.7 Å². The molecular weight excluding hydrogens is 579 g/mol. The van der Waals surface area contributed by atoms with Crippen LogP contribution in [0.2, 0.25) is 0 Å². The van der Waals surface area contributed by atoms with Crippen LogP contribution in [0.25, 0.3) is 0 Å². The Hall–Kier alpha value is -4.81. The van der Waals surface area contributed by atoms with Gasteiger partial charge in [-0.05, 0) is 54.1 Å². The minimum atomic E-state index is -0.595. The molecule has 7 nitrogen and oxygen atoms in total. The van der Waals surface area contributed by atoms with Crippen molar-refractivity contribution in [2.24, 2.45) is 5.73 Å². The zero-order chi connectivity index (χ0) is 28.1. The first kappa shape index (κ1) is 26.8. The Morgan fingerprint density at radius 3 is 2.35 bits per heavy atom. The second-order valence-corrected chi connectivity index (χ2v) is 9.71. The number of hydrogen-bond donors (Lipinski definition) is 1. The molecule has 1 aliphatic heterocycles. The van der Waals surface area contributed by atoms with Gasteiger partial charge in [-0.1, -0.05) is 52.3 Å². The van der Waals surface area contributed by atoms with Gasteiger partial charge >= 0.3 is 5.97 Å². The van der Waals surface area contributed by atoms with Gasteiger partial charge < -0.3 is 24.7 Å². The lowest BCUT2D eigenvalue weighted by atomic mass is 9.83. The quantitative estimate of drug-likeness (QED) is 0.185. The summed E-state index contributed by atoms with van der Waals surface area (Å²) in [6.07, 6.45) is 0. The molecule has 4 aromatic rings. The Bertz CT molecular complexity index is 1610. The molecule has 9 heteroatoms. The molecule has 1 atom stereocenters. The summed E-state index contributed by atoms with van der Waals surface area (Å²) in [6.45, 7) is -0.202. The topological polar surface area (TPSA) is 104 Å². The fourth-order valence-electron chi connectivity index (χ4n) is 4.21. The molecule has 1 heterocycles. The zero-order valence-electron chi connectivity index (χ0n) is 21.0. The van der Waals surface area contributed by atoms with Gasteiger partial charge in [-0.15, -0.1) is 0 Å². The molecule has 0 fully saturated rings. The molecule has 1 unspecified atom stereocenters. The van der Waals surface area contributed by atoms with E-state index in [0.717, 1.165) is 10.0 Å². The van der Waals surface area contributed by atoms with Gasteiger partial charge in [0.25, 0.3) is 0 Å². The number of nitrogens with two attached hydrogens (primary N) is 1. The summed E-state index contributed by atoms with van der Waals surface area (Å²) in [7, 11) is 0. The Labute approximate surface area is 238 Å². The van der Waals surface area contributed by atoms with Crippen molar-refractivity contribution < 1.29 is 28.1 Å². The third kappa shape index (κ3) is 6.08. The van der Waals surface area contributed by atoms with Gasteiger partial charge in [0.05, 0.1) is 5.92 Å². The maximum Gasteiger partial charge on any atom is 0.349 e. The van der Waals surface area contributed by atoms with Crippen molar-refractivity contribution in [3.63, 3.8) is 0 Å². The average molecular weight is 601 g/mol. The van der Waals surface area contributed by atoms with Crippen molar-refractivity contribution in [2.75, 3.05) is 6.61 Å². The molecule has 0 amide bonds. The number of fused-ring (bicyclic) bond motifs is 1. The molecule has 0 aliphatic carbocycles. The summed E-state index contributed by atoms with van der Waals surface area (Å²) >= 11 is 3.34. The Morgan fingerprint density at radius 1 is 0.950 bits per heavy atom. The maximum atomic E-state index is 13.9. The van der Waals surface area contributed by atoms with E-state index in [2.05, 4.69) is 22.0 Å². The summed E-state index contributed by atoms with van der Waals surface area (Å²) < 4.78 is 37.1. The van der Waals surface area contributed by atoms with Gasteiger partial charge in [-0.25, -0.2) is 9.18 Å². The van der Waals surface area contributed by atoms with Crippen LogP contribution < -0.4 is 24.7 Å². The van der Waals surface area contributed by atoms with Crippen LogP contribution in [-0.2, 0) is 11.4 Å². The van der Waals surface area contributed by atoms with Crippen molar-refractivity contribution in [1.29, 1.82) is 5.26 Å². The van der Waals surface area contributed by atoms with E-state index in [1.165, 1.54) is 6.07 Å². The predicted molar refractivity (Wildman–Crippen MR) is 148 cm³/mol. The molecule has 0 radical (unpaired) electrons. The highest BCUT2D eigenvalue weighted by Crippen LogP contribution is 2.43. The predicted octanol–water partition coefficient (Wildman–Crippen LogP) is 6.37. The van der Waals surface area contributed by atoms with Crippen LogP contribution in [-0.4, -0.2) is 12.6 Å². The molecule has 2 N–H and O–H groups in total. The van der Waals surface area contributed by atoms with Gasteiger partial charge in [0.15, 0.2) is 6.61 Å². The molecule has 4 aromatic carbocycles. The summed E-state index contributed by atoms with van der Waals surface area (Å²) in [5, 5.41) is 9.84. The number of halogens is 2. The molecular formula is C31H22BrFN2O5. The number of allylic oxidation sites excluding steroid dienone is 1. The van der Waals surface area contributed by atoms with Crippen LogP contribution in [0.3, 0.4) is 0 Å². The van der Waals surface area contributed by atoms with Gasteiger partial charge in [0.1, 0.15) is 47.1 Å². The highest BCUT2D eigenvalue weighted by molar-refractivity contribution is 9.10. The molecule has 200 valence electrons. The zero-order valence-corrected chi connectivity index (χ0v) is 22.6. The molecule has 0 saturated carbocycles. The van der Waals surface area contributed by atoms with Gasteiger partial charge in [0.2, 0.25) is 5.88 Å². The van der Waals surface area contributed by atoms with Crippen molar-refractivity contribution in [1.82, 2.24) is 0 Å². The van der Waals surface area contributed by atoms with Crippen molar-refractivity contribution in [2.45, 2.75) is 12.5 Å². The second kappa shape index (κ2) is 11.9. The number of carbonyl (C=O) groups excluding carboxylic acids is 1. The van der Waals surface area contributed by atoms with E-state index in [9.17, 15) is 14.4 Å². The average Bonchev–Trinajstić information content (AvgIpc) is 2.96. The maximum absolute atomic E-state index is 13.9. The Balaban J connectivity index is 1.30. The lowest BCUT2D eigenvalue weighted by Crippen LogP contribution is -2.21. The smallest absolute Gasteiger partial charge is 0.349 e. The first-order valence-corrected chi connectivity index (χ1v) is 13.0. The normalized spacial score (nSPS) is 14.0. The largest absolute Gasteiger partial charge is 0.489 e. The van der Waals surface area contributed by atoms with Crippen molar-refractivity contribution in [3.05, 3.63) is 129 Å². The second-order valence-electron chi connectivity index (χ2n) is 8.79. The number of nitrogens with zero attached hydrogens (tertiary/aromatic N) is 1. The molecule has 0 saturated heterocycles. The fourth-order valence-corrected chi connectivity index (χ4v) is 4.47. The van der Waals surface area contributed by atoms with Gasteiger partial charge in [0, 0.05) is 21.7 Å². The molecule has 5 rings (SSSR count). The van der Waals surface area contributed by atoms with E-state index in [-0.39, 0.29) is 36.2 Å². The van der Waals surface area contributed by atoms with E-state index < -0.39 is 11.9 Å². The highest BCUT2D eigenvalue weighted by Gasteiger charge is 2.31. The van der Waals surface area contributed by atoms with Crippen LogP contribution in [0.15, 0.2) is 107 Å². The van der Waals surface area contributed by atoms with Crippen LogP contribution in [0.5, 0.6) is 23.0 Å². The number of ether oxygens (including phenoxy) is 4. The molecule has 0 aromatic heterocycles. The number of carbonyl (C=O) groups is 1. The lowest BCUT2D eigenvalue weighted by Gasteiger charge is -2.26. The summed E-state index contributed by atoms with van der Waals surface area (Å²) in [5.41, 5.74) is 8.25. The summed E-state index contributed by atoms with van der Waals surface area (Å²) in [4.78, 5) is 12.4. The molecule has 0 spiro atoms. The van der Waals surface area contributed by atoms with Crippen LogP contribution in [0.1, 0.15) is 22.6 Å². The first-order chi connectivity index (χ1) is 19.4. The number of esters is 1. The van der Waals surface area contributed by atoms with Gasteiger partial charge in [-0.3, -0.25) is 0 Å². The first-order valence-electron chi connectivity index (χ1n) is 12.2. The van der Waals surface area contributed by atoms with E-state index >= 15 is 0 Å². The van der Waals surface area contributed by atoms with Crippen LogP contribution >= 0.6 is 15.9 Å². The monoisotopic (exact) mass is 600 g/mol. The highest BCUT2D eigenvalue weighted by atomic mass is 79.9. The third-order valence-electron chi connectivity index (χ3n) is 6.16. The van der Waals surface area contributed by atoms with E-state index in [1.807, 2.05) is 12.1 Å². The minimum Gasteiger partial charge on any atom is -0.489 e. The van der Waals surface area contributed by atoms with Crippen LogP contribution in [0.4, 0.5) is 4.39 Å². The summed E-state index contributed by atoms with van der Waals surface area (Å²) in [5.74, 6) is 0.195. The molecule has 0 bridgehead atoms. The lowest BCUT2D eigenvalue weighted by molar-refractivity contribution is -0.136. The van der Waals surface area contributed by atoms with E-state index in [1.54, 1.807) is 72.8 Å². The fraction of sp³-hybridized carbons (Fsp3) is 0.0968. The Kier molecular flexibility index (Phi) is 7.99. The standard InChI is InChI=1S/C31H22BrFN2O5/c32-21-7-11-23(12-8-21)38-18-29(36)39-24-13-14-25-28(15-24)40-31(35)26(16-34)30(25)19-5-9-22(10-6-19)37-17-20-3-1-2-4-27(20)33/h1-15,30H,17-18,35H2. The van der Waals surface area contributed by atoms with Gasteiger partial charge in [-0.2, -0.15) is 5.26 Å².